The van der Waals surface area contributed by atoms with E-state index in [1.165, 1.54) is 14.2 Å². The molecule has 10 atom stereocenters. The standard InChI is InChI=1S/C41H47N3O5S.C34H41N3O5S/c1-28-36(42-38(49-28)31-14-8-5-9-15-31)18-20-48-34-16-10-13-30(22-34)21-32-25-43(24-29-11-6-4-7-12-29)26-35(32)39(45)44-37-23-33-17-19-41(37,40(33,2)3)27-50(44,46)47;1-22-29(36-31(42-22)24-9-5-4-6-10-24)13-15-41-27-11-7-8-23(17-27)16-25-19-35-20-28(25)32(38)37-30-18-26-12-14-34(30,33(26,2)3)21-43(37,39)40/h4-16,22,32-33,35,37H,17-21,23-27H2,1-3H3;4-11,17,25-26,28,30,35H,12-16,18-21H2,1-3H3/t32-,33?,35+,37?,41-;25-,26?,28+,30?,34+/m01/s1. The third-order valence-electron chi connectivity index (χ3n) is 23.8. The van der Waals surface area contributed by atoms with E-state index in [9.17, 15) is 26.4 Å². The summed E-state index contributed by atoms with van der Waals surface area (Å²) in [6.07, 6.45) is 8.12. The summed E-state index contributed by atoms with van der Waals surface area (Å²) in [4.78, 5) is 40.4. The highest BCUT2D eigenvalue weighted by Crippen LogP contribution is 2.71. The van der Waals surface area contributed by atoms with Gasteiger partial charge in [0, 0.05) is 61.0 Å². The number of aryl methyl sites for hydroxylation is 2. The molecule has 7 aromatic rings. The van der Waals surface area contributed by atoms with Gasteiger partial charge in [-0.3, -0.25) is 14.5 Å². The molecule has 4 aliphatic heterocycles. The molecule has 8 fully saturated rings. The van der Waals surface area contributed by atoms with Crippen molar-refractivity contribution in [2.75, 3.05) is 50.9 Å². The smallest absolute Gasteiger partial charge is 0.241 e. The fourth-order valence-electron chi connectivity index (χ4n) is 18.5. The number of hydrogen-bond acceptors (Lipinski definition) is 14. The maximum atomic E-state index is 14.6. The number of fused-ring (bicyclic) bond motifs is 2. The van der Waals surface area contributed by atoms with Crippen LogP contribution in [0.1, 0.15) is 106 Å². The number of carbonyl (C=O) groups is 2. The summed E-state index contributed by atoms with van der Waals surface area (Å²) in [5.74, 6) is 4.37. The second kappa shape index (κ2) is 24.6. The summed E-state index contributed by atoms with van der Waals surface area (Å²) in [5, 5.41) is 3.38. The Labute approximate surface area is 548 Å². The summed E-state index contributed by atoms with van der Waals surface area (Å²) >= 11 is 0. The lowest BCUT2D eigenvalue weighted by Crippen LogP contribution is -2.47. The van der Waals surface area contributed by atoms with E-state index in [-0.39, 0.29) is 74.8 Å². The second-order valence-electron chi connectivity index (χ2n) is 29.3. The van der Waals surface area contributed by atoms with Crippen LogP contribution in [0, 0.1) is 71.0 Å². The van der Waals surface area contributed by atoms with E-state index in [0.717, 1.165) is 108 Å². The van der Waals surface area contributed by atoms with Crippen LogP contribution in [0.3, 0.4) is 0 Å². The van der Waals surface area contributed by atoms with Crippen LogP contribution < -0.4 is 14.8 Å². The summed E-state index contributed by atoms with van der Waals surface area (Å²) in [7, 11) is -7.32. The molecule has 490 valence electrons. The van der Waals surface area contributed by atoms with Crippen molar-refractivity contribution in [3.63, 3.8) is 0 Å². The van der Waals surface area contributed by atoms with Crippen LogP contribution in [0.2, 0.25) is 0 Å². The van der Waals surface area contributed by atoms with Gasteiger partial charge in [-0.1, -0.05) is 119 Å². The molecular formula is C75H88N6O10S2. The van der Waals surface area contributed by atoms with Crippen LogP contribution in [0.4, 0.5) is 0 Å². The van der Waals surface area contributed by atoms with Gasteiger partial charge < -0.3 is 23.6 Å². The number of ether oxygens (including phenoxy) is 2. The summed E-state index contributed by atoms with van der Waals surface area (Å²) in [6, 6.07) is 45.8. The monoisotopic (exact) mass is 1300 g/mol. The first kappa shape index (κ1) is 63.3. The van der Waals surface area contributed by atoms with Crippen molar-refractivity contribution in [3.8, 4) is 34.4 Å². The molecule has 2 amide bonds. The zero-order valence-electron chi connectivity index (χ0n) is 54.5. The highest BCUT2D eigenvalue weighted by molar-refractivity contribution is 7.90. The van der Waals surface area contributed by atoms with Crippen molar-refractivity contribution >= 4 is 31.9 Å². The Morgan fingerprint density at radius 1 is 0.559 bits per heavy atom. The molecule has 6 heterocycles. The number of sulfonamides is 2. The molecule has 0 radical (unpaired) electrons. The van der Waals surface area contributed by atoms with Crippen LogP contribution in [-0.4, -0.2) is 115 Å². The van der Waals surface area contributed by atoms with E-state index < -0.39 is 26.0 Å². The molecule has 15 rings (SSSR count). The predicted molar refractivity (Wildman–Crippen MR) is 357 cm³/mol. The van der Waals surface area contributed by atoms with E-state index in [1.54, 1.807) is 0 Å². The molecule has 4 aliphatic carbocycles. The number of nitrogens with zero attached hydrogens (tertiary/aromatic N) is 5. The zero-order valence-corrected chi connectivity index (χ0v) is 56.1. The average molecular weight is 1300 g/mol. The molecule has 4 unspecified atom stereocenters. The quantitative estimate of drug-likeness (QED) is 0.0852. The van der Waals surface area contributed by atoms with E-state index in [0.29, 0.717) is 82.1 Å². The first-order valence-electron chi connectivity index (χ1n) is 33.7. The molecule has 5 aromatic carbocycles. The minimum atomic E-state index is -3.69. The van der Waals surface area contributed by atoms with Gasteiger partial charge in [0.25, 0.3) is 0 Å². The third kappa shape index (κ3) is 11.5. The lowest BCUT2D eigenvalue weighted by molar-refractivity contribution is -0.134. The molecular weight excluding hydrogens is 1210 g/mol. The second-order valence-corrected chi connectivity index (χ2v) is 32.9. The van der Waals surface area contributed by atoms with Crippen LogP contribution in [0.15, 0.2) is 148 Å². The van der Waals surface area contributed by atoms with Crippen molar-refractivity contribution < 1.29 is 44.7 Å². The summed E-state index contributed by atoms with van der Waals surface area (Å²) in [6.45, 7) is 16.9. The number of benzene rings is 5. The van der Waals surface area contributed by atoms with Crippen LogP contribution >= 0.6 is 0 Å². The number of aromatic nitrogens is 2. The largest absolute Gasteiger partial charge is 0.493 e. The number of hydrogen-bond donors (Lipinski definition) is 1. The van der Waals surface area contributed by atoms with Gasteiger partial charge in [0.05, 0.1) is 60.0 Å². The minimum absolute atomic E-state index is 0.0194. The Balaban J connectivity index is 0.000000163. The number of oxazole rings is 2. The van der Waals surface area contributed by atoms with Crippen molar-refractivity contribution in [1.29, 1.82) is 0 Å². The van der Waals surface area contributed by atoms with Gasteiger partial charge in [-0.2, -0.15) is 0 Å². The van der Waals surface area contributed by atoms with Crippen LogP contribution in [-0.2, 0) is 61.9 Å². The Morgan fingerprint density at radius 2 is 1.01 bits per heavy atom. The lowest BCUT2D eigenvalue weighted by atomic mass is 9.69. The normalized spacial score (nSPS) is 28.9. The Hall–Kier alpha value is -7.12. The molecule has 18 heteroatoms. The fraction of sp³-hybridized carbons (Fsp3) is 0.493. The van der Waals surface area contributed by atoms with E-state index in [2.05, 4.69) is 73.2 Å². The van der Waals surface area contributed by atoms with Gasteiger partial charge in [0.2, 0.25) is 43.6 Å². The van der Waals surface area contributed by atoms with Crippen LogP contribution in [0.25, 0.3) is 22.9 Å². The number of nitrogens with one attached hydrogen (secondary N) is 1. The van der Waals surface area contributed by atoms with Gasteiger partial charge >= 0.3 is 0 Å². The molecule has 2 aromatic heterocycles. The lowest BCUT2D eigenvalue weighted by Gasteiger charge is -2.37. The maximum absolute atomic E-state index is 14.6. The predicted octanol–water partition coefficient (Wildman–Crippen LogP) is 11.9. The summed E-state index contributed by atoms with van der Waals surface area (Å²) < 4.78 is 81.7. The SMILES string of the molecule is Cc1oc(-c2ccccc2)nc1CCOc1cccc(C[C@@H]2CNC[C@@H]2C(=O)N2C3CC4CC[C@@]3(CS2(=O)=O)C4(C)C)c1.Cc1oc(-c2ccccc2)nc1CCOc1cccc(C[C@H]2CN(Cc3ccccc3)C[C@H]2C(=O)N2C3CC4CC[C@@]3(CS2(=O)=O)C4(C)C)c1. The van der Waals surface area contributed by atoms with Crippen molar-refractivity contribution in [1.82, 2.24) is 28.8 Å². The van der Waals surface area contributed by atoms with E-state index in [4.69, 9.17) is 23.3 Å². The minimum Gasteiger partial charge on any atom is -0.493 e. The fourth-order valence-corrected chi connectivity index (χ4v) is 23.7. The first-order chi connectivity index (χ1) is 44.6. The van der Waals surface area contributed by atoms with Gasteiger partial charge in [0.15, 0.2) is 0 Å². The number of likely N-dealkylation sites (tertiary alicyclic amines) is 1. The zero-order chi connectivity index (χ0) is 64.7. The van der Waals surface area contributed by atoms with Crippen LogP contribution in [0.5, 0.6) is 11.5 Å². The van der Waals surface area contributed by atoms with Crippen molar-refractivity contribution in [3.05, 3.63) is 179 Å². The van der Waals surface area contributed by atoms with Gasteiger partial charge in [-0.15, -0.1) is 0 Å². The topological polar surface area (TPSA) is 195 Å². The molecule has 93 heavy (non-hydrogen) atoms. The summed E-state index contributed by atoms with van der Waals surface area (Å²) in [5.41, 5.74) is 6.25. The van der Waals surface area contributed by atoms with E-state index in [1.807, 2.05) is 123 Å². The Kier molecular flexibility index (Phi) is 16.7. The van der Waals surface area contributed by atoms with Crippen molar-refractivity contribution in [2.24, 2.45) is 57.2 Å². The molecule has 16 nitrogen and oxygen atoms in total. The van der Waals surface area contributed by atoms with Gasteiger partial charge in [-0.25, -0.2) is 35.4 Å². The molecule has 2 spiro atoms. The third-order valence-corrected chi connectivity index (χ3v) is 27.7. The van der Waals surface area contributed by atoms with Crippen molar-refractivity contribution in [2.45, 2.75) is 124 Å². The van der Waals surface area contributed by atoms with E-state index >= 15 is 0 Å². The number of carbonyl (C=O) groups excluding carboxylic acids is 2. The van der Waals surface area contributed by atoms with Gasteiger partial charge in [-0.05, 0) is 171 Å². The number of amides is 2. The highest BCUT2D eigenvalue weighted by atomic mass is 32.2. The molecule has 1 N–H and O–H groups in total. The average Bonchev–Trinajstić information content (AvgIpc) is 1.52. The molecule has 4 saturated heterocycles. The highest BCUT2D eigenvalue weighted by Gasteiger charge is 2.74. The Morgan fingerprint density at radius 3 is 1.49 bits per heavy atom. The Bertz CT molecular complexity index is 4140. The molecule has 4 bridgehead atoms. The molecule has 8 aliphatic rings. The first-order valence-corrected chi connectivity index (χ1v) is 36.9. The number of rotatable bonds is 18. The van der Waals surface area contributed by atoms with Gasteiger partial charge in [0.1, 0.15) is 23.0 Å². The maximum Gasteiger partial charge on any atom is 0.241 e. The molecule has 4 saturated carbocycles.